The van der Waals surface area contributed by atoms with Crippen molar-refractivity contribution >= 4 is 11.3 Å². The Labute approximate surface area is 374 Å². The lowest BCUT2D eigenvalue weighted by Crippen LogP contribution is -2.51. The molecule has 1 saturated heterocycles. The van der Waals surface area contributed by atoms with E-state index in [0.29, 0.717) is 33.0 Å². The Morgan fingerprint density at radius 3 is 1.81 bits per heavy atom. The molecule has 0 radical (unpaired) electrons. The van der Waals surface area contributed by atoms with Gasteiger partial charge in [0.25, 0.3) is 0 Å². The molecule has 8 aromatic rings. The van der Waals surface area contributed by atoms with Gasteiger partial charge in [-0.15, -0.1) is 0 Å². The zero-order valence-electron chi connectivity index (χ0n) is 36.2. The second kappa shape index (κ2) is 18.2. The summed E-state index contributed by atoms with van der Waals surface area (Å²) in [7, 11) is 1.70. The molecule has 0 amide bonds. The van der Waals surface area contributed by atoms with E-state index >= 15 is 0 Å². The number of hydrogen-bond acceptors (Lipinski definition) is 8. The third-order valence-electron chi connectivity index (χ3n) is 12.9. The first kappa shape index (κ1) is 41.4. The second-order valence-corrected chi connectivity index (χ2v) is 16.7. The largest absolute Gasteiger partial charge is 0.497 e. The Hall–Kier alpha value is -6.62. The van der Waals surface area contributed by atoms with E-state index in [2.05, 4.69) is 127 Å². The number of rotatable bonds is 16. The molecule has 322 valence electrons. The van der Waals surface area contributed by atoms with Crippen LogP contribution < -0.4 is 9.64 Å². The molecule has 6 aromatic carbocycles. The Morgan fingerprint density at radius 1 is 0.672 bits per heavy atom. The number of hydrogen-bond donors (Lipinski definition) is 0. The fourth-order valence-corrected chi connectivity index (χ4v) is 9.79. The van der Waals surface area contributed by atoms with Gasteiger partial charge >= 0.3 is 0 Å². The van der Waals surface area contributed by atoms with Crippen LogP contribution in [0, 0.1) is 0 Å². The molecule has 2 aromatic heterocycles. The Balaban J connectivity index is 1.10. The normalized spacial score (nSPS) is 19.5. The first-order valence-corrected chi connectivity index (χ1v) is 22.1. The van der Waals surface area contributed by atoms with Crippen LogP contribution in [0.15, 0.2) is 188 Å². The van der Waals surface area contributed by atoms with Crippen molar-refractivity contribution in [3.8, 4) is 5.75 Å². The second-order valence-electron chi connectivity index (χ2n) is 16.7. The summed E-state index contributed by atoms with van der Waals surface area (Å²) in [6, 6.07) is 62.9. The molecule has 0 aliphatic carbocycles. The topological polar surface area (TPSA) is 79.6 Å². The van der Waals surface area contributed by atoms with Gasteiger partial charge in [-0.2, -0.15) is 5.10 Å². The van der Waals surface area contributed by atoms with E-state index in [9.17, 15) is 0 Å². The van der Waals surface area contributed by atoms with E-state index in [4.69, 9.17) is 33.8 Å². The molecule has 64 heavy (non-hydrogen) atoms. The predicted octanol–water partition coefficient (Wildman–Crippen LogP) is 10.3. The molecule has 0 saturated carbocycles. The standard InChI is InChI=1S/C55H52N4O5/c1-54(63-37-42-22-12-5-13-23-42)51(64-49(38-61-35-40-18-8-3-9-19-40)52(54)62-36-41-20-10-4-11-21-41)48-34-43-32-33-58(53-50(43)59(48)57-39-56-53)55(44-24-14-6-15-25-44,45-26-16-7-17-27-45)46-28-30-47(60-2)31-29-46/h3-31,34,39,49,51-52H,32-33,35-38H2,1-2H3/t49-,51+,52-,54+/m1/s1. The molecule has 10 rings (SSSR count). The summed E-state index contributed by atoms with van der Waals surface area (Å²) in [5.41, 5.74) is 7.77. The van der Waals surface area contributed by atoms with Gasteiger partial charge in [0, 0.05) is 6.54 Å². The Morgan fingerprint density at radius 2 is 1.22 bits per heavy atom. The van der Waals surface area contributed by atoms with Crippen molar-refractivity contribution in [3.63, 3.8) is 0 Å². The number of methoxy groups -OCH3 is 1. The quantitative estimate of drug-likeness (QED) is 0.0890. The van der Waals surface area contributed by atoms with Crippen LogP contribution in [0.4, 0.5) is 5.82 Å². The molecular weight excluding hydrogens is 797 g/mol. The number of ether oxygens (including phenoxy) is 5. The highest BCUT2D eigenvalue weighted by Crippen LogP contribution is 2.51. The van der Waals surface area contributed by atoms with Gasteiger partial charge in [-0.05, 0) is 70.5 Å². The minimum atomic E-state index is -0.975. The van der Waals surface area contributed by atoms with Crippen molar-refractivity contribution < 1.29 is 23.7 Å². The minimum Gasteiger partial charge on any atom is -0.497 e. The van der Waals surface area contributed by atoms with Crippen molar-refractivity contribution in [1.82, 2.24) is 14.6 Å². The summed E-state index contributed by atoms with van der Waals surface area (Å²) in [4.78, 5) is 7.62. The number of aromatic nitrogens is 3. The number of nitrogens with zero attached hydrogens (tertiary/aromatic N) is 4. The van der Waals surface area contributed by atoms with Crippen molar-refractivity contribution in [1.29, 1.82) is 0 Å². The van der Waals surface area contributed by atoms with E-state index in [-0.39, 0.29) is 0 Å². The van der Waals surface area contributed by atoms with E-state index in [1.54, 1.807) is 13.4 Å². The van der Waals surface area contributed by atoms with Crippen molar-refractivity contribution in [3.05, 3.63) is 233 Å². The maximum absolute atomic E-state index is 7.26. The molecule has 0 unspecified atom stereocenters. The fourth-order valence-electron chi connectivity index (χ4n) is 9.79. The van der Waals surface area contributed by atoms with E-state index in [1.807, 2.05) is 71.2 Å². The zero-order chi connectivity index (χ0) is 43.4. The van der Waals surface area contributed by atoms with Crippen molar-refractivity contribution in [2.24, 2.45) is 0 Å². The van der Waals surface area contributed by atoms with Gasteiger partial charge < -0.3 is 28.6 Å². The van der Waals surface area contributed by atoms with Gasteiger partial charge in [-0.3, -0.25) is 0 Å². The highest BCUT2D eigenvalue weighted by Gasteiger charge is 2.58. The van der Waals surface area contributed by atoms with Crippen LogP contribution in [-0.4, -0.2) is 52.7 Å². The maximum Gasteiger partial charge on any atom is 0.158 e. The SMILES string of the molecule is COc1ccc(C(c2ccccc2)(c2ccccc2)N2CCc3cc([C@@H]4O[C@H](COCc5ccccc5)[C@@H](OCc5ccccc5)[C@@]4(C)OCc4ccccc4)n4ncnc2c34)cc1. The first-order valence-electron chi connectivity index (χ1n) is 22.1. The van der Waals surface area contributed by atoms with Crippen molar-refractivity contribution in [2.75, 3.05) is 25.2 Å². The molecule has 9 heteroatoms. The first-order chi connectivity index (χ1) is 31.6. The number of benzene rings is 6. The Kier molecular flexibility index (Phi) is 11.8. The van der Waals surface area contributed by atoms with Gasteiger partial charge in [-0.25, -0.2) is 9.50 Å². The molecule has 1 fully saturated rings. The van der Waals surface area contributed by atoms with Crippen LogP contribution in [0.1, 0.15) is 57.7 Å². The monoisotopic (exact) mass is 848 g/mol. The molecule has 0 bridgehead atoms. The van der Waals surface area contributed by atoms with Crippen LogP contribution in [0.5, 0.6) is 5.75 Å². The lowest BCUT2D eigenvalue weighted by atomic mass is 9.75. The maximum atomic E-state index is 7.26. The molecule has 9 nitrogen and oxygen atoms in total. The van der Waals surface area contributed by atoms with Gasteiger partial charge in [0.15, 0.2) is 5.82 Å². The van der Waals surface area contributed by atoms with Crippen LogP contribution in [-0.2, 0) is 50.7 Å². The third-order valence-corrected chi connectivity index (χ3v) is 12.9. The zero-order valence-corrected chi connectivity index (χ0v) is 36.2. The summed E-state index contributed by atoms with van der Waals surface area (Å²) in [6.07, 6.45) is 0.853. The summed E-state index contributed by atoms with van der Waals surface area (Å²) in [6.45, 7) is 4.31. The highest BCUT2D eigenvalue weighted by atomic mass is 16.6. The van der Waals surface area contributed by atoms with Gasteiger partial charge in [0.1, 0.15) is 47.0 Å². The summed E-state index contributed by atoms with van der Waals surface area (Å²) >= 11 is 0. The van der Waals surface area contributed by atoms with Crippen LogP contribution in [0.25, 0.3) is 5.52 Å². The predicted molar refractivity (Wildman–Crippen MR) is 248 cm³/mol. The molecule has 2 aliphatic heterocycles. The van der Waals surface area contributed by atoms with Crippen molar-refractivity contribution in [2.45, 2.75) is 62.6 Å². The minimum absolute atomic E-state index is 0.303. The van der Waals surface area contributed by atoms with Crippen LogP contribution in [0.3, 0.4) is 0 Å². The van der Waals surface area contributed by atoms with Gasteiger partial charge in [-0.1, -0.05) is 164 Å². The highest BCUT2D eigenvalue weighted by molar-refractivity contribution is 5.79. The molecule has 0 N–H and O–H groups in total. The lowest BCUT2D eigenvalue weighted by Gasteiger charge is -2.47. The number of anilines is 1. The van der Waals surface area contributed by atoms with E-state index < -0.39 is 29.5 Å². The average Bonchev–Trinajstić information content (AvgIpc) is 3.87. The molecule has 4 heterocycles. The van der Waals surface area contributed by atoms with E-state index in [0.717, 1.165) is 68.1 Å². The summed E-state index contributed by atoms with van der Waals surface area (Å²) in [5.74, 6) is 1.62. The fraction of sp³-hybridized carbons (Fsp3) is 0.236. The molecular formula is C55H52N4O5. The molecule has 4 atom stereocenters. The van der Waals surface area contributed by atoms with E-state index in [1.165, 1.54) is 0 Å². The molecule has 2 aliphatic rings. The summed E-state index contributed by atoms with van der Waals surface area (Å²) < 4.78 is 35.5. The molecule has 0 spiro atoms. The van der Waals surface area contributed by atoms with Gasteiger partial charge in [0.2, 0.25) is 0 Å². The van der Waals surface area contributed by atoms with Gasteiger partial charge in [0.05, 0.1) is 39.2 Å². The third kappa shape index (κ3) is 7.75. The average molecular weight is 849 g/mol. The van der Waals surface area contributed by atoms with Crippen LogP contribution >= 0.6 is 0 Å². The summed E-state index contributed by atoms with van der Waals surface area (Å²) in [5, 5.41) is 5.03. The smallest absolute Gasteiger partial charge is 0.158 e. The van der Waals surface area contributed by atoms with Crippen LogP contribution in [0.2, 0.25) is 0 Å². The lowest BCUT2D eigenvalue weighted by molar-refractivity contribution is -0.148. The Bertz CT molecular complexity index is 2720.